The third-order valence-corrected chi connectivity index (χ3v) is 6.11. The molecule has 0 spiro atoms. The van der Waals surface area contributed by atoms with E-state index in [0.29, 0.717) is 24.4 Å². The van der Waals surface area contributed by atoms with Gasteiger partial charge in [-0.15, -0.1) is 0 Å². The van der Waals surface area contributed by atoms with E-state index in [4.69, 9.17) is 0 Å². The summed E-state index contributed by atoms with van der Waals surface area (Å²) in [6.45, 7) is 8.18. The van der Waals surface area contributed by atoms with E-state index in [-0.39, 0.29) is 5.69 Å². The molecule has 3 aliphatic heterocycles. The molecule has 2 atom stereocenters. The first kappa shape index (κ1) is 16.8. The van der Waals surface area contributed by atoms with Crippen LogP contribution in [0, 0.1) is 0 Å². The number of nitrogens with zero attached hydrogens (tertiary/aromatic N) is 5. The maximum absolute atomic E-state index is 12.6. The molecule has 1 aromatic heterocycles. The summed E-state index contributed by atoms with van der Waals surface area (Å²) in [6.07, 6.45) is 4.88. The van der Waals surface area contributed by atoms with Gasteiger partial charge in [-0.1, -0.05) is 0 Å². The quantitative estimate of drug-likeness (QED) is 0.783. The molecule has 2 saturated heterocycles. The Hall–Kier alpha value is -1.60. The fourth-order valence-corrected chi connectivity index (χ4v) is 4.59. The summed E-state index contributed by atoms with van der Waals surface area (Å²) in [6, 6.07) is 0.670. The van der Waals surface area contributed by atoms with E-state index >= 15 is 0 Å². The van der Waals surface area contributed by atoms with Gasteiger partial charge in [-0.05, 0) is 26.8 Å². The van der Waals surface area contributed by atoms with Crippen molar-refractivity contribution in [3.8, 4) is 0 Å². The zero-order valence-corrected chi connectivity index (χ0v) is 15.4. The van der Waals surface area contributed by atoms with Crippen molar-refractivity contribution in [1.82, 2.24) is 23.8 Å². The van der Waals surface area contributed by atoms with E-state index in [1.807, 2.05) is 15.3 Å². The molecule has 0 radical (unpaired) electrons. The van der Waals surface area contributed by atoms with Gasteiger partial charge in [-0.2, -0.15) is 0 Å². The lowest BCUT2D eigenvalue weighted by atomic mass is 9.98. The van der Waals surface area contributed by atoms with Crippen LogP contribution in [-0.4, -0.2) is 75.1 Å². The zero-order valence-electron chi connectivity index (χ0n) is 15.4. The van der Waals surface area contributed by atoms with Gasteiger partial charge in [0.25, 0.3) is 0 Å². The number of likely N-dealkylation sites (N-methyl/N-ethyl adjacent to an activating group) is 1. The number of rotatable bonds is 3. The number of carbonyl (C=O) groups excluding carboxylic acids is 1. The summed E-state index contributed by atoms with van der Waals surface area (Å²) >= 11 is 0. The molecule has 0 aromatic carbocycles. The standard InChI is InChI=1S/C18H29N5O2/c1-14(20-7-9-22-15(12-20)4-3-5-17(22)24)10-21-13-16-11-19(2)6-8-23(16)18(21)25/h13-15H,3-12H2,1-2H3. The van der Waals surface area contributed by atoms with Gasteiger partial charge in [0.15, 0.2) is 0 Å². The van der Waals surface area contributed by atoms with Crippen LogP contribution in [0.4, 0.5) is 0 Å². The second-order valence-corrected chi connectivity index (χ2v) is 7.92. The van der Waals surface area contributed by atoms with E-state index in [1.165, 1.54) is 0 Å². The number of hydrogen-bond donors (Lipinski definition) is 0. The highest BCUT2D eigenvalue weighted by atomic mass is 16.2. The van der Waals surface area contributed by atoms with Gasteiger partial charge in [0.05, 0.1) is 5.69 Å². The first-order chi connectivity index (χ1) is 12.0. The average Bonchev–Trinajstić information content (AvgIpc) is 2.90. The first-order valence-corrected chi connectivity index (χ1v) is 9.54. The lowest BCUT2D eigenvalue weighted by Crippen LogP contribution is -2.59. The molecule has 4 rings (SSSR count). The molecule has 3 aliphatic rings. The van der Waals surface area contributed by atoms with Crippen molar-refractivity contribution in [2.45, 2.75) is 57.9 Å². The average molecular weight is 347 g/mol. The van der Waals surface area contributed by atoms with Gasteiger partial charge in [0.2, 0.25) is 5.91 Å². The van der Waals surface area contributed by atoms with E-state index in [2.05, 4.69) is 28.7 Å². The minimum atomic E-state index is 0.126. The molecule has 1 amide bonds. The van der Waals surface area contributed by atoms with Gasteiger partial charge in [-0.3, -0.25) is 23.7 Å². The number of piperazine rings is 1. The summed E-state index contributed by atoms with van der Waals surface area (Å²) in [7, 11) is 2.10. The van der Waals surface area contributed by atoms with Crippen molar-refractivity contribution in [1.29, 1.82) is 0 Å². The molecule has 0 aliphatic carbocycles. The van der Waals surface area contributed by atoms with Crippen molar-refractivity contribution in [3.05, 3.63) is 22.4 Å². The molecule has 7 nitrogen and oxygen atoms in total. The molecular weight excluding hydrogens is 318 g/mol. The molecule has 2 fully saturated rings. The largest absolute Gasteiger partial charge is 0.337 e. The lowest BCUT2D eigenvalue weighted by molar-refractivity contribution is -0.140. The molecule has 138 valence electrons. The first-order valence-electron chi connectivity index (χ1n) is 9.54. The topological polar surface area (TPSA) is 53.7 Å². The van der Waals surface area contributed by atoms with E-state index in [0.717, 1.165) is 64.3 Å². The molecular formula is C18H29N5O2. The number of hydrogen-bond acceptors (Lipinski definition) is 4. The molecule has 4 heterocycles. The smallest absolute Gasteiger partial charge is 0.328 e. The maximum Gasteiger partial charge on any atom is 0.328 e. The maximum atomic E-state index is 12.6. The van der Waals surface area contributed by atoms with Crippen LogP contribution in [0.25, 0.3) is 0 Å². The summed E-state index contributed by atoms with van der Waals surface area (Å²) in [4.78, 5) is 31.5. The van der Waals surface area contributed by atoms with Gasteiger partial charge < -0.3 is 4.90 Å². The lowest BCUT2D eigenvalue weighted by Gasteiger charge is -2.45. The van der Waals surface area contributed by atoms with Crippen LogP contribution in [0.15, 0.2) is 11.0 Å². The Kier molecular flexibility index (Phi) is 4.45. The third-order valence-electron chi connectivity index (χ3n) is 6.11. The fraction of sp³-hybridized carbons (Fsp3) is 0.778. The number of amides is 1. The summed E-state index contributed by atoms with van der Waals surface area (Å²) < 4.78 is 3.81. The molecule has 7 heteroatoms. The number of piperidine rings is 1. The van der Waals surface area contributed by atoms with E-state index in [9.17, 15) is 9.59 Å². The van der Waals surface area contributed by atoms with Crippen LogP contribution < -0.4 is 5.69 Å². The van der Waals surface area contributed by atoms with Crippen molar-refractivity contribution in [2.24, 2.45) is 0 Å². The van der Waals surface area contributed by atoms with Crippen LogP contribution in [-0.2, 0) is 24.4 Å². The summed E-state index contributed by atoms with van der Waals surface area (Å²) in [5, 5.41) is 0. The molecule has 0 N–H and O–H groups in total. The highest BCUT2D eigenvalue weighted by molar-refractivity contribution is 5.77. The van der Waals surface area contributed by atoms with Crippen molar-refractivity contribution < 1.29 is 4.79 Å². The highest BCUT2D eigenvalue weighted by Crippen LogP contribution is 2.23. The third kappa shape index (κ3) is 3.15. The Morgan fingerprint density at radius 1 is 1.20 bits per heavy atom. The van der Waals surface area contributed by atoms with Gasteiger partial charge in [-0.25, -0.2) is 4.79 Å². The van der Waals surface area contributed by atoms with Crippen LogP contribution >= 0.6 is 0 Å². The van der Waals surface area contributed by atoms with E-state index < -0.39 is 0 Å². The van der Waals surface area contributed by atoms with Gasteiger partial charge in [0.1, 0.15) is 0 Å². The highest BCUT2D eigenvalue weighted by Gasteiger charge is 2.34. The Morgan fingerprint density at radius 3 is 2.88 bits per heavy atom. The number of carbonyl (C=O) groups is 1. The van der Waals surface area contributed by atoms with Crippen LogP contribution in [0.3, 0.4) is 0 Å². The van der Waals surface area contributed by atoms with Crippen LogP contribution in [0.1, 0.15) is 31.9 Å². The number of aromatic nitrogens is 2. The summed E-state index contributed by atoms with van der Waals surface area (Å²) in [5.41, 5.74) is 1.25. The monoisotopic (exact) mass is 347 g/mol. The zero-order chi connectivity index (χ0) is 17.6. The second kappa shape index (κ2) is 6.61. The van der Waals surface area contributed by atoms with E-state index in [1.54, 1.807) is 0 Å². The predicted octanol–water partition coefficient (Wildman–Crippen LogP) is 0.180. The SMILES string of the molecule is CC(Cn1cc2n(c1=O)CCN(C)C2)N1CCN2C(=O)CCCC2C1. The molecule has 0 bridgehead atoms. The van der Waals surface area contributed by atoms with Gasteiger partial charge in [0, 0.05) is 70.5 Å². The van der Waals surface area contributed by atoms with Crippen molar-refractivity contribution >= 4 is 5.91 Å². The van der Waals surface area contributed by atoms with Crippen molar-refractivity contribution in [3.63, 3.8) is 0 Å². The number of imidazole rings is 1. The minimum absolute atomic E-state index is 0.126. The summed E-state index contributed by atoms with van der Waals surface area (Å²) in [5.74, 6) is 0.323. The molecule has 2 unspecified atom stereocenters. The van der Waals surface area contributed by atoms with Crippen LogP contribution in [0.5, 0.6) is 0 Å². The second-order valence-electron chi connectivity index (χ2n) is 7.92. The predicted molar refractivity (Wildman–Crippen MR) is 95.4 cm³/mol. The Balaban J connectivity index is 1.43. The Labute approximate surface area is 148 Å². The van der Waals surface area contributed by atoms with Crippen LogP contribution in [0.2, 0.25) is 0 Å². The number of fused-ring (bicyclic) bond motifs is 2. The van der Waals surface area contributed by atoms with Crippen molar-refractivity contribution in [2.75, 3.05) is 33.2 Å². The molecule has 25 heavy (non-hydrogen) atoms. The molecule has 0 saturated carbocycles. The molecule has 1 aromatic rings. The minimum Gasteiger partial charge on any atom is -0.337 e. The normalized spacial score (nSPS) is 26.4. The fourth-order valence-electron chi connectivity index (χ4n) is 4.59. The Morgan fingerprint density at radius 2 is 2.04 bits per heavy atom. The van der Waals surface area contributed by atoms with Gasteiger partial charge >= 0.3 is 5.69 Å². The Bertz CT molecular complexity index is 709.